The number of hydrogen-bond donors (Lipinski definition) is 1. The van der Waals surface area contributed by atoms with Crippen LogP contribution in [0.25, 0.3) is 0 Å². The summed E-state index contributed by atoms with van der Waals surface area (Å²) in [5.41, 5.74) is 0. The molecule has 3 aliphatic carbocycles. The van der Waals surface area contributed by atoms with Crippen molar-refractivity contribution in [3.8, 4) is 0 Å². The highest BCUT2D eigenvalue weighted by Gasteiger charge is 2.41. The molecule has 0 aromatic heterocycles. The van der Waals surface area contributed by atoms with Gasteiger partial charge in [-0.3, -0.25) is 0 Å². The summed E-state index contributed by atoms with van der Waals surface area (Å²) in [5, 5.41) is 3.93. The van der Waals surface area contributed by atoms with Crippen LogP contribution in [-0.2, 0) is 0 Å². The van der Waals surface area contributed by atoms with Gasteiger partial charge in [-0.05, 0) is 68.7 Å². The van der Waals surface area contributed by atoms with Gasteiger partial charge in [0.1, 0.15) is 0 Å². The molecule has 0 atom stereocenters. The molecular formula is C15H27N. The first-order valence-electron chi connectivity index (χ1n) is 7.56. The highest BCUT2D eigenvalue weighted by atomic mass is 14.9. The fraction of sp³-hybridized carbons (Fsp3) is 1.00. The standard InChI is InChI=1S/C15H27N/c1-11-2-4-12(5-3-11)10-16-15(13-6-7-13)14-8-9-14/h11-16H,2-10H2,1H3. The Bertz CT molecular complexity index is 210. The second-order valence-electron chi connectivity index (χ2n) is 6.73. The maximum absolute atomic E-state index is 3.93. The predicted molar refractivity (Wildman–Crippen MR) is 68.4 cm³/mol. The molecule has 3 aliphatic rings. The van der Waals surface area contributed by atoms with Gasteiger partial charge in [0.05, 0.1) is 0 Å². The summed E-state index contributed by atoms with van der Waals surface area (Å²) in [5.74, 6) is 4.13. The minimum atomic E-state index is 0.916. The van der Waals surface area contributed by atoms with E-state index in [1.54, 1.807) is 0 Å². The first kappa shape index (κ1) is 11.1. The van der Waals surface area contributed by atoms with Gasteiger partial charge < -0.3 is 5.32 Å². The maximum atomic E-state index is 3.93. The van der Waals surface area contributed by atoms with Gasteiger partial charge in [-0.25, -0.2) is 0 Å². The molecule has 0 aromatic rings. The number of nitrogens with one attached hydrogen (secondary N) is 1. The zero-order valence-electron chi connectivity index (χ0n) is 10.8. The highest BCUT2D eigenvalue weighted by Crippen LogP contribution is 2.44. The van der Waals surface area contributed by atoms with Crippen LogP contribution in [0.1, 0.15) is 58.3 Å². The van der Waals surface area contributed by atoms with Crippen molar-refractivity contribution in [2.45, 2.75) is 64.3 Å². The van der Waals surface area contributed by atoms with E-state index in [9.17, 15) is 0 Å². The molecule has 16 heavy (non-hydrogen) atoms. The van der Waals surface area contributed by atoms with Crippen LogP contribution in [0, 0.1) is 23.7 Å². The molecule has 1 nitrogen and oxygen atoms in total. The van der Waals surface area contributed by atoms with Gasteiger partial charge in [0.15, 0.2) is 0 Å². The van der Waals surface area contributed by atoms with Gasteiger partial charge in [-0.15, -0.1) is 0 Å². The van der Waals surface area contributed by atoms with Crippen molar-refractivity contribution in [2.75, 3.05) is 6.54 Å². The number of rotatable bonds is 5. The van der Waals surface area contributed by atoms with E-state index in [0.29, 0.717) is 0 Å². The Hall–Kier alpha value is -0.0400. The Morgan fingerprint density at radius 2 is 1.44 bits per heavy atom. The second-order valence-corrected chi connectivity index (χ2v) is 6.73. The normalized spacial score (nSPS) is 35.6. The molecule has 0 unspecified atom stereocenters. The lowest BCUT2D eigenvalue weighted by molar-refractivity contribution is 0.265. The third-order valence-electron chi connectivity index (χ3n) is 5.04. The molecule has 0 spiro atoms. The van der Waals surface area contributed by atoms with Crippen LogP contribution in [-0.4, -0.2) is 12.6 Å². The molecule has 0 aliphatic heterocycles. The summed E-state index contributed by atoms with van der Waals surface area (Å²) in [6.07, 6.45) is 12.0. The summed E-state index contributed by atoms with van der Waals surface area (Å²) in [6.45, 7) is 3.74. The van der Waals surface area contributed by atoms with E-state index in [1.165, 1.54) is 57.9 Å². The Morgan fingerprint density at radius 1 is 0.875 bits per heavy atom. The monoisotopic (exact) mass is 221 g/mol. The van der Waals surface area contributed by atoms with Gasteiger partial charge in [0, 0.05) is 6.04 Å². The van der Waals surface area contributed by atoms with E-state index in [-0.39, 0.29) is 0 Å². The topological polar surface area (TPSA) is 12.0 Å². The Kier molecular flexibility index (Phi) is 3.24. The van der Waals surface area contributed by atoms with Crippen molar-refractivity contribution in [3.63, 3.8) is 0 Å². The lowest BCUT2D eigenvalue weighted by Crippen LogP contribution is -2.37. The predicted octanol–water partition coefficient (Wildman–Crippen LogP) is 3.59. The quantitative estimate of drug-likeness (QED) is 0.748. The minimum Gasteiger partial charge on any atom is -0.313 e. The van der Waals surface area contributed by atoms with Crippen LogP contribution < -0.4 is 5.32 Å². The van der Waals surface area contributed by atoms with Crippen molar-refractivity contribution in [3.05, 3.63) is 0 Å². The molecular weight excluding hydrogens is 194 g/mol. The molecule has 0 radical (unpaired) electrons. The van der Waals surface area contributed by atoms with E-state index in [2.05, 4.69) is 12.2 Å². The third-order valence-corrected chi connectivity index (χ3v) is 5.04. The summed E-state index contributed by atoms with van der Waals surface area (Å²) >= 11 is 0. The molecule has 1 heteroatoms. The summed E-state index contributed by atoms with van der Waals surface area (Å²) in [4.78, 5) is 0. The van der Waals surface area contributed by atoms with Crippen LogP contribution in [0.15, 0.2) is 0 Å². The number of hydrogen-bond acceptors (Lipinski definition) is 1. The lowest BCUT2D eigenvalue weighted by Gasteiger charge is -2.28. The van der Waals surface area contributed by atoms with Crippen molar-refractivity contribution in [1.29, 1.82) is 0 Å². The molecule has 1 N–H and O–H groups in total. The largest absolute Gasteiger partial charge is 0.313 e. The van der Waals surface area contributed by atoms with E-state index < -0.39 is 0 Å². The van der Waals surface area contributed by atoms with Crippen molar-refractivity contribution < 1.29 is 0 Å². The second kappa shape index (κ2) is 4.68. The molecule has 0 saturated heterocycles. The average molecular weight is 221 g/mol. The van der Waals surface area contributed by atoms with Crippen LogP contribution >= 0.6 is 0 Å². The molecule has 0 aromatic carbocycles. The maximum Gasteiger partial charge on any atom is 0.0124 e. The first-order valence-corrected chi connectivity index (χ1v) is 7.56. The van der Waals surface area contributed by atoms with Gasteiger partial charge in [0.25, 0.3) is 0 Å². The van der Waals surface area contributed by atoms with Crippen LogP contribution in [0.4, 0.5) is 0 Å². The smallest absolute Gasteiger partial charge is 0.0124 e. The fourth-order valence-electron chi connectivity index (χ4n) is 3.46. The van der Waals surface area contributed by atoms with Gasteiger partial charge >= 0.3 is 0 Å². The average Bonchev–Trinajstić information content (AvgIpc) is 3.15. The van der Waals surface area contributed by atoms with Gasteiger partial charge in [-0.2, -0.15) is 0 Å². The van der Waals surface area contributed by atoms with E-state index in [4.69, 9.17) is 0 Å². The first-order chi connectivity index (χ1) is 7.83. The molecule has 3 saturated carbocycles. The molecule has 0 heterocycles. The van der Waals surface area contributed by atoms with E-state index in [0.717, 1.165) is 29.7 Å². The zero-order chi connectivity index (χ0) is 11.0. The highest BCUT2D eigenvalue weighted by molar-refractivity contribution is 4.96. The van der Waals surface area contributed by atoms with E-state index in [1.807, 2.05) is 0 Å². The fourth-order valence-corrected chi connectivity index (χ4v) is 3.46. The molecule has 0 bridgehead atoms. The molecule has 0 amide bonds. The van der Waals surface area contributed by atoms with Crippen LogP contribution in [0.5, 0.6) is 0 Å². The zero-order valence-corrected chi connectivity index (χ0v) is 10.8. The summed E-state index contributed by atoms with van der Waals surface area (Å²) in [7, 11) is 0. The Balaban J connectivity index is 1.41. The van der Waals surface area contributed by atoms with Crippen molar-refractivity contribution in [1.82, 2.24) is 5.32 Å². The van der Waals surface area contributed by atoms with Crippen LogP contribution in [0.3, 0.4) is 0 Å². The Morgan fingerprint density at radius 3 is 1.94 bits per heavy atom. The third kappa shape index (κ3) is 2.80. The van der Waals surface area contributed by atoms with Crippen molar-refractivity contribution >= 4 is 0 Å². The van der Waals surface area contributed by atoms with Crippen LogP contribution in [0.2, 0.25) is 0 Å². The van der Waals surface area contributed by atoms with Gasteiger partial charge in [0.2, 0.25) is 0 Å². The summed E-state index contributed by atoms with van der Waals surface area (Å²) < 4.78 is 0. The Labute approximate surface area is 100 Å². The van der Waals surface area contributed by atoms with Gasteiger partial charge in [-0.1, -0.05) is 19.8 Å². The van der Waals surface area contributed by atoms with E-state index >= 15 is 0 Å². The summed E-state index contributed by atoms with van der Waals surface area (Å²) in [6, 6.07) is 0.916. The minimum absolute atomic E-state index is 0.916. The lowest BCUT2D eigenvalue weighted by atomic mass is 9.83. The SMILES string of the molecule is CC1CCC(CNC(C2CC2)C2CC2)CC1. The van der Waals surface area contributed by atoms with Crippen molar-refractivity contribution in [2.24, 2.45) is 23.7 Å². The molecule has 3 fully saturated rings. The molecule has 3 rings (SSSR count). The molecule has 92 valence electrons.